The number of hydrogen-bond acceptors (Lipinski definition) is 5. The topological polar surface area (TPSA) is 69.4 Å². The largest absolute Gasteiger partial charge is 0.458 e. The SMILES string of the molecule is CCOC(=O)/C(=C/Sc1ccccc1)[N+](=O)[O-]. The fourth-order valence-electron chi connectivity index (χ4n) is 0.994. The molecule has 0 atom stereocenters. The standard InChI is InChI=1S/C11H11NO4S/c1-2-16-11(13)10(12(14)15)8-17-9-6-4-3-5-7-9/h3-8H,2H2,1H3/b10-8-. The molecule has 1 aromatic carbocycles. The van der Waals surface area contributed by atoms with E-state index in [1.165, 1.54) is 5.41 Å². The van der Waals surface area contributed by atoms with Crippen molar-refractivity contribution in [3.8, 4) is 0 Å². The number of nitrogens with zero attached hydrogens (tertiary/aromatic N) is 1. The Morgan fingerprint density at radius 3 is 2.65 bits per heavy atom. The molecule has 0 unspecified atom stereocenters. The quantitative estimate of drug-likeness (QED) is 0.265. The summed E-state index contributed by atoms with van der Waals surface area (Å²) in [6.07, 6.45) is 0. The van der Waals surface area contributed by atoms with Gasteiger partial charge in [-0.05, 0) is 19.1 Å². The summed E-state index contributed by atoms with van der Waals surface area (Å²) in [6, 6.07) is 9.06. The minimum Gasteiger partial charge on any atom is -0.458 e. The number of thioether (sulfide) groups is 1. The second kappa shape index (κ2) is 6.70. The molecule has 0 saturated carbocycles. The molecule has 0 saturated heterocycles. The maximum atomic E-state index is 11.3. The second-order valence-corrected chi connectivity index (χ2v) is 3.85. The lowest BCUT2D eigenvalue weighted by molar-refractivity contribution is -0.421. The Hall–Kier alpha value is -1.82. The highest BCUT2D eigenvalue weighted by Crippen LogP contribution is 2.20. The molecule has 6 heteroatoms. The molecule has 0 bridgehead atoms. The molecular weight excluding hydrogens is 242 g/mol. The van der Waals surface area contributed by atoms with Gasteiger partial charge in [-0.15, -0.1) is 0 Å². The van der Waals surface area contributed by atoms with E-state index in [9.17, 15) is 14.9 Å². The van der Waals surface area contributed by atoms with Crippen LogP contribution in [0.5, 0.6) is 0 Å². The van der Waals surface area contributed by atoms with Crippen LogP contribution in [0.1, 0.15) is 6.92 Å². The normalized spacial score (nSPS) is 11.0. The Labute approximate surface area is 103 Å². The predicted molar refractivity (Wildman–Crippen MR) is 64.0 cm³/mol. The highest BCUT2D eigenvalue weighted by Gasteiger charge is 2.23. The molecule has 0 aliphatic rings. The lowest BCUT2D eigenvalue weighted by Gasteiger charge is -1.99. The maximum Gasteiger partial charge on any atom is 0.410 e. The Balaban J connectivity index is 2.78. The first kappa shape index (κ1) is 13.2. The lowest BCUT2D eigenvalue weighted by atomic mass is 10.4. The van der Waals surface area contributed by atoms with Gasteiger partial charge in [-0.2, -0.15) is 0 Å². The van der Waals surface area contributed by atoms with Gasteiger partial charge in [0.25, 0.3) is 0 Å². The summed E-state index contributed by atoms with van der Waals surface area (Å²) in [7, 11) is 0. The molecule has 0 aromatic heterocycles. The molecule has 5 nitrogen and oxygen atoms in total. The Morgan fingerprint density at radius 2 is 2.12 bits per heavy atom. The van der Waals surface area contributed by atoms with Crippen molar-refractivity contribution < 1.29 is 14.5 Å². The van der Waals surface area contributed by atoms with E-state index in [4.69, 9.17) is 0 Å². The van der Waals surface area contributed by atoms with Crippen LogP contribution in [0.2, 0.25) is 0 Å². The van der Waals surface area contributed by atoms with Crippen molar-refractivity contribution in [3.63, 3.8) is 0 Å². The Bertz CT molecular complexity index is 430. The molecule has 0 heterocycles. The first-order valence-corrected chi connectivity index (χ1v) is 5.76. The van der Waals surface area contributed by atoms with E-state index < -0.39 is 16.6 Å². The third-order valence-electron chi connectivity index (χ3n) is 1.73. The zero-order valence-electron chi connectivity index (χ0n) is 9.16. The van der Waals surface area contributed by atoms with E-state index in [2.05, 4.69) is 4.74 Å². The molecule has 1 aromatic rings. The van der Waals surface area contributed by atoms with Crippen molar-refractivity contribution >= 4 is 17.7 Å². The summed E-state index contributed by atoms with van der Waals surface area (Å²) < 4.78 is 4.59. The van der Waals surface area contributed by atoms with Gasteiger partial charge < -0.3 is 4.74 Å². The van der Waals surface area contributed by atoms with Crippen LogP contribution in [-0.2, 0) is 9.53 Å². The summed E-state index contributed by atoms with van der Waals surface area (Å²) in [5, 5.41) is 11.8. The first-order chi connectivity index (χ1) is 8.15. The zero-order valence-corrected chi connectivity index (χ0v) is 9.98. The molecule has 1 rings (SSSR count). The minimum atomic E-state index is -0.916. The third-order valence-corrected chi connectivity index (χ3v) is 2.62. The summed E-state index contributed by atoms with van der Waals surface area (Å²) in [5.41, 5.74) is -0.555. The van der Waals surface area contributed by atoms with Crippen LogP contribution in [0.25, 0.3) is 0 Å². The van der Waals surface area contributed by atoms with Gasteiger partial charge in [-0.25, -0.2) is 4.79 Å². The zero-order chi connectivity index (χ0) is 12.7. The number of carbonyl (C=O) groups is 1. The van der Waals surface area contributed by atoms with E-state index in [-0.39, 0.29) is 6.61 Å². The van der Waals surface area contributed by atoms with Crippen LogP contribution in [0.15, 0.2) is 46.3 Å². The summed E-state index contributed by atoms with van der Waals surface area (Å²) in [6.45, 7) is 1.71. The van der Waals surface area contributed by atoms with E-state index in [1.807, 2.05) is 18.2 Å². The molecule has 0 N–H and O–H groups in total. The monoisotopic (exact) mass is 253 g/mol. The van der Waals surface area contributed by atoms with Gasteiger partial charge in [0.15, 0.2) is 0 Å². The van der Waals surface area contributed by atoms with Crippen LogP contribution in [0, 0.1) is 10.1 Å². The van der Waals surface area contributed by atoms with Gasteiger partial charge in [0.1, 0.15) is 0 Å². The van der Waals surface area contributed by atoms with Gasteiger partial charge in [0.2, 0.25) is 0 Å². The average molecular weight is 253 g/mol. The molecule has 0 amide bonds. The molecular formula is C11H11NO4S. The first-order valence-electron chi connectivity index (χ1n) is 4.88. The van der Waals surface area contributed by atoms with E-state index in [0.29, 0.717) is 0 Å². The van der Waals surface area contributed by atoms with Crippen LogP contribution in [-0.4, -0.2) is 17.5 Å². The number of esters is 1. The van der Waals surface area contributed by atoms with E-state index in [1.54, 1.807) is 19.1 Å². The van der Waals surface area contributed by atoms with Crippen molar-refractivity contribution in [2.45, 2.75) is 11.8 Å². The van der Waals surface area contributed by atoms with Crippen molar-refractivity contribution in [2.24, 2.45) is 0 Å². The number of benzene rings is 1. The van der Waals surface area contributed by atoms with Crippen molar-refractivity contribution in [2.75, 3.05) is 6.61 Å². The highest BCUT2D eigenvalue weighted by molar-refractivity contribution is 8.02. The van der Waals surface area contributed by atoms with Crippen molar-refractivity contribution in [3.05, 3.63) is 51.6 Å². The smallest absolute Gasteiger partial charge is 0.410 e. The maximum absolute atomic E-state index is 11.3. The molecule has 0 aliphatic heterocycles. The molecule has 0 radical (unpaired) electrons. The fraction of sp³-hybridized carbons (Fsp3) is 0.182. The van der Waals surface area contributed by atoms with E-state index in [0.717, 1.165) is 16.7 Å². The molecule has 0 aliphatic carbocycles. The second-order valence-electron chi connectivity index (χ2n) is 2.91. The summed E-state index contributed by atoms with van der Waals surface area (Å²) >= 11 is 1.11. The Kier molecular flexibility index (Phi) is 5.22. The van der Waals surface area contributed by atoms with Crippen LogP contribution >= 0.6 is 11.8 Å². The number of hydrogen-bond donors (Lipinski definition) is 0. The highest BCUT2D eigenvalue weighted by atomic mass is 32.2. The third kappa shape index (κ3) is 4.28. The van der Waals surface area contributed by atoms with Gasteiger partial charge in [-0.3, -0.25) is 10.1 Å². The molecule has 0 fully saturated rings. The molecule has 17 heavy (non-hydrogen) atoms. The van der Waals surface area contributed by atoms with Crippen LogP contribution in [0.4, 0.5) is 0 Å². The number of carbonyl (C=O) groups excluding carboxylic acids is 1. The van der Waals surface area contributed by atoms with Crippen molar-refractivity contribution in [1.82, 2.24) is 0 Å². The average Bonchev–Trinajstić information content (AvgIpc) is 2.30. The van der Waals surface area contributed by atoms with Gasteiger partial charge in [0, 0.05) is 4.90 Å². The predicted octanol–water partition coefficient (Wildman–Crippen LogP) is 2.46. The lowest BCUT2D eigenvalue weighted by Crippen LogP contribution is -2.14. The summed E-state index contributed by atoms with van der Waals surface area (Å²) in [5.74, 6) is -0.916. The van der Waals surface area contributed by atoms with Crippen molar-refractivity contribution in [1.29, 1.82) is 0 Å². The van der Waals surface area contributed by atoms with Gasteiger partial charge >= 0.3 is 11.7 Å². The van der Waals surface area contributed by atoms with Crippen LogP contribution in [0.3, 0.4) is 0 Å². The van der Waals surface area contributed by atoms with Gasteiger partial charge in [-0.1, -0.05) is 30.0 Å². The van der Waals surface area contributed by atoms with E-state index >= 15 is 0 Å². The number of nitro groups is 1. The number of rotatable bonds is 5. The molecule has 0 spiro atoms. The Morgan fingerprint density at radius 1 is 1.47 bits per heavy atom. The molecule has 90 valence electrons. The summed E-state index contributed by atoms with van der Waals surface area (Å²) in [4.78, 5) is 22.0. The minimum absolute atomic E-state index is 0.111. The van der Waals surface area contributed by atoms with Crippen LogP contribution < -0.4 is 0 Å². The number of ether oxygens (including phenoxy) is 1. The fourth-order valence-corrected chi connectivity index (χ4v) is 1.74. The van der Waals surface area contributed by atoms with Gasteiger partial charge in [0.05, 0.1) is 16.9 Å².